The highest BCUT2D eigenvalue weighted by molar-refractivity contribution is 6.30. The zero-order chi connectivity index (χ0) is 20.4. The lowest BCUT2D eigenvalue weighted by atomic mass is 10.1. The second-order valence-corrected chi connectivity index (χ2v) is 7.92. The summed E-state index contributed by atoms with van der Waals surface area (Å²) in [4.78, 5) is 18.4. The normalized spacial score (nSPS) is 14.3. The minimum Gasteiger partial charge on any atom is -0.457 e. The molecule has 3 aromatic rings. The Hall–Kier alpha value is -2.63. The molecule has 150 valence electrons. The summed E-state index contributed by atoms with van der Waals surface area (Å²) in [5.74, 6) is 2.19. The first-order chi connectivity index (χ1) is 14.0. The van der Waals surface area contributed by atoms with Gasteiger partial charge in [0.2, 0.25) is 0 Å². The fraction of sp³-hybridized carbons (Fsp3) is 0.304. The molecule has 1 aromatic heterocycles. The second-order valence-electron chi connectivity index (χ2n) is 7.48. The van der Waals surface area contributed by atoms with Crippen molar-refractivity contribution in [3.63, 3.8) is 0 Å². The summed E-state index contributed by atoms with van der Waals surface area (Å²) in [7, 11) is 2.07. The number of benzene rings is 2. The maximum Gasteiger partial charge on any atom is 0.153 e. The molecule has 0 bridgehead atoms. The summed E-state index contributed by atoms with van der Waals surface area (Å²) in [6, 6.07) is 10.9. The molecule has 2 aromatic carbocycles. The van der Waals surface area contributed by atoms with Crippen molar-refractivity contribution in [2.24, 2.45) is 7.05 Å². The number of carbonyl (C=O) groups excluding carboxylic acids is 1. The molecule has 29 heavy (non-hydrogen) atoms. The highest BCUT2D eigenvalue weighted by Crippen LogP contribution is 2.32. The largest absolute Gasteiger partial charge is 0.457 e. The molecule has 0 atom stereocenters. The molecule has 4 rings (SSSR count). The first-order valence-electron chi connectivity index (χ1n) is 9.81. The number of aldehydes is 1. The molecule has 0 aliphatic carbocycles. The topological polar surface area (TPSA) is 47.4 Å². The van der Waals surface area contributed by atoms with E-state index in [2.05, 4.69) is 21.5 Å². The number of hydrogen-bond donors (Lipinski definition) is 0. The number of rotatable bonds is 6. The Morgan fingerprint density at radius 2 is 1.97 bits per heavy atom. The van der Waals surface area contributed by atoms with E-state index in [9.17, 15) is 4.79 Å². The quantitative estimate of drug-likeness (QED) is 0.522. The summed E-state index contributed by atoms with van der Waals surface area (Å²) < 4.78 is 8.10. The first kappa shape index (κ1) is 19.7. The van der Waals surface area contributed by atoms with Crippen LogP contribution in [0.15, 0.2) is 42.6 Å². The van der Waals surface area contributed by atoms with Crippen LogP contribution in [0.5, 0.6) is 11.5 Å². The van der Waals surface area contributed by atoms with Crippen molar-refractivity contribution in [3.8, 4) is 22.8 Å². The van der Waals surface area contributed by atoms with Gasteiger partial charge in [-0.1, -0.05) is 11.6 Å². The Morgan fingerprint density at radius 1 is 1.17 bits per heavy atom. The highest BCUT2D eigenvalue weighted by Gasteiger charge is 2.17. The van der Waals surface area contributed by atoms with Gasteiger partial charge in [0.15, 0.2) is 6.29 Å². The standard InChI is InChI=1S/C23H24ClN3O2/c1-16-11-19(29-22-12-18(24)6-5-17(22)15-28)7-8-20(16)21-13-25-23(26(21)2)14-27-9-3-4-10-27/h5-8,11-13,15H,3-4,9-10,14H2,1-2H3. The number of nitrogens with zero attached hydrogens (tertiary/aromatic N) is 3. The van der Waals surface area contributed by atoms with Gasteiger partial charge in [-0.25, -0.2) is 4.98 Å². The number of halogens is 1. The Bertz CT molecular complexity index is 1040. The molecular weight excluding hydrogens is 386 g/mol. The Labute approximate surface area is 175 Å². The van der Waals surface area contributed by atoms with Crippen molar-refractivity contribution >= 4 is 17.9 Å². The molecule has 5 nitrogen and oxygen atoms in total. The van der Waals surface area contributed by atoms with Gasteiger partial charge in [-0.05, 0) is 68.8 Å². The molecule has 1 aliphatic heterocycles. The van der Waals surface area contributed by atoms with Gasteiger partial charge in [-0.2, -0.15) is 0 Å². The smallest absolute Gasteiger partial charge is 0.153 e. The molecular formula is C23H24ClN3O2. The summed E-state index contributed by atoms with van der Waals surface area (Å²) in [5.41, 5.74) is 3.74. The Morgan fingerprint density at radius 3 is 2.69 bits per heavy atom. The van der Waals surface area contributed by atoms with Crippen LogP contribution >= 0.6 is 11.6 Å². The van der Waals surface area contributed by atoms with Crippen LogP contribution < -0.4 is 4.74 Å². The lowest BCUT2D eigenvalue weighted by molar-refractivity contribution is 0.112. The minimum absolute atomic E-state index is 0.452. The van der Waals surface area contributed by atoms with E-state index in [1.165, 1.54) is 12.8 Å². The van der Waals surface area contributed by atoms with Crippen LogP contribution in [-0.2, 0) is 13.6 Å². The van der Waals surface area contributed by atoms with Crippen molar-refractivity contribution in [1.82, 2.24) is 14.5 Å². The van der Waals surface area contributed by atoms with Gasteiger partial charge in [0.1, 0.15) is 17.3 Å². The number of ether oxygens (including phenoxy) is 1. The molecule has 0 N–H and O–H groups in total. The number of carbonyl (C=O) groups is 1. The van der Waals surface area contributed by atoms with Gasteiger partial charge in [0, 0.05) is 23.7 Å². The molecule has 0 radical (unpaired) electrons. The van der Waals surface area contributed by atoms with Crippen LogP contribution in [0, 0.1) is 6.92 Å². The SMILES string of the molecule is Cc1cc(Oc2cc(Cl)ccc2C=O)ccc1-c1cnc(CN2CCCC2)n1C. The van der Waals surface area contributed by atoms with Crippen LogP contribution in [0.25, 0.3) is 11.3 Å². The fourth-order valence-corrected chi connectivity index (χ4v) is 3.96. The molecule has 0 unspecified atom stereocenters. The maximum absolute atomic E-state index is 11.3. The van der Waals surface area contributed by atoms with E-state index in [1.807, 2.05) is 31.3 Å². The molecule has 0 spiro atoms. The monoisotopic (exact) mass is 409 g/mol. The molecule has 6 heteroatoms. The number of likely N-dealkylation sites (tertiary alicyclic amines) is 1. The van der Waals surface area contributed by atoms with E-state index in [-0.39, 0.29) is 0 Å². The van der Waals surface area contributed by atoms with Crippen molar-refractivity contribution in [2.75, 3.05) is 13.1 Å². The Kier molecular flexibility index (Phi) is 5.69. The third-order valence-electron chi connectivity index (χ3n) is 5.45. The van der Waals surface area contributed by atoms with E-state index >= 15 is 0 Å². The molecule has 0 amide bonds. The van der Waals surface area contributed by atoms with Crippen molar-refractivity contribution in [2.45, 2.75) is 26.3 Å². The van der Waals surface area contributed by atoms with E-state index < -0.39 is 0 Å². The van der Waals surface area contributed by atoms with E-state index in [4.69, 9.17) is 16.3 Å². The third kappa shape index (κ3) is 4.21. The van der Waals surface area contributed by atoms with Crippen molar-refractivity contribution in [1.29, 1.82) is 0 Å². The van der Waals surface area contributed by atoms with Crippen molar-refractivity contribution < 1.29 is 9.53 Å². The molecule has 1 saturated heterocycles. The zero-order valence-electron chi connectivity index (χ0n) is 16.7. The maximum atomic E-state index is 11.3. The zero-order valence-corrected chi connectivity index (χ0v) is 17.4. The number of aromatic nitrogens is 2. The molecule has 1 aliphatic rings. The summed E-state index contributed by atoms with van der Waals surface area (Å²) in [6.45, 7) is 5.24. The van der Waals surface area contributed by atoms with Crippen LogP contribution in [0.2, 0.25) is 5.02 Å². The molecule has 1 fully saturated rings. The molecule has 0 saturated carbocycles. The predicted octanol–water partition coefficient (Wildman–Crippen LogP) is 5.25. The Balaban J connectivity index is 1.57. The number of imidazole rings is 1. The van der Waals surface area contributed by atoms with E-state index in [1.54, 1.807) is 18.2 Å². The van der Waals surface area contributed by atoms with Gasteiger partial charge < -0.3 is 9.30 Å². The highest BCUT2D eigenvalue weighted by atomic mass is 35.5. The van der Waals surface area contributed by atoms with Crippen LogP contribution in [0.1, 0.15) is 34.6 Å². The van der Waals surface area contributed by atoms with E-state index in [0.717, 1.165) is 48.6 Å². The number of aryl methyl sites for hydroxylation is 1. The third-order valence-corrected chi connectivity index (χ3v) is 5.69. The molecule has 2 heterocycles. The van der Waals surface area contributed by atoms with Gasteiger partial charge in [-0.15, -0.1) is 0 Å². The van der Waals surface area contributed by atoms with Crippen LogP contribution in [-0.4, -0.2) is 33.8 Å². The van der Waals surface area contributed by atoms with Crippen LogP contribution in [0.4, 0.5) is 0 Å². The second kappa shape index (κ2) is 8.39. The fourth-order valence-electron chi connectivity index (χ4n) is 3.79. The summed E-state index contributed by atoms with van der Waals surface area (Å²) in [6.07, 6.45) is 5.26. The van der Waals surface area contributed by atoms with Crippen LogP contribution in [0.3, 0.4) is 0 Å². The lowest BCUT2D eigenvalue weighted by Crippen LogP contribution is -2.20. The van der Waals surface area contributed by atoms with Gasteiger partial charge in [0.25, 0.3) is 0 Å². The lowest BCUT2D eigenvalue weighted by Gasteiger charge is -2.15. The summed E-state index contributed by atoms with van der Waals surface area (Å²) >= 11 is 6.05. The van der Waals surface area contributed by atoms with Gasteiger partial charge in [-0.3, -0.25) is 9.69 Å². The summed E-state index contributed by atoms with van der Waals surface area (Å²) in [5, 5.41) is 0.527. The average Bonchev–Trinajstić information content (AvgIpc) is 3.33. The van der Waals surface area contributed by atoms with E-state index in [0.29, 0.717) is 22.1 Å². The first-order valence-corrected chi connectivity index (χ1v) is 10.2. The number of hydrogen-bond acceptors (Lipinski definition) is 4. The van der Waals surface area contributed by atoms with Gasteiger partial charge >= 0.3 is 0 Å². The predicted molar refractivity (Wildman–Crippen MR) is 115 cm³/mol. The average molecular weight is 410 g/mol. The van der Waals surface area contributed by atoms with Crippen molar-refractivity contribution in [3.05, 3.63) is 64.6 Å². The minimum atomic E-state index is 0.452. The van der Waals surface area contributed by atoms with Gasteiger partial charge in [0.05, 0.1) is 24.0 Å².